The Morgan fingerprint density at radius 3 is 2.73 bits per heavy atom. The number of halogens is 1. The molecule has 0 spiro atoms. The van der Waals surface area contributed by atoms with Crippen molar-refractivity contribution in [2.45, 2.75) is 13.8 Å². The number of urea groups is 1. The van der Waals surface area contributed by atoms with Crippen LogP contribution in [0, 0.1) is 13.8 Å². The van der Waals surface area contributed by atoms with Crippen molar-refractivity contribution in [1.82, 2.24) is 5.43 Å². The van der Waals surface area contributed by atoms with E-state index in [9.17, 15) is 9.90 Å². The summed E-state index contributed by atoms with van der Waals surface area (Å²) < 4.78 is 0. The number of rotatable bonds is 3. The average molecular weight is 318 g/mol. The number of phenolic OH excluding ortho intramolecular Hbond substituents is 1. The lowest BCUT2D eigenvalue weighted by Gasteiger charge is -2.08. The summed E-state index contributed by atoms with van der Waals surface area (Å²) in [6.07, 6.45) is 1.32. The lowest BCUT2D eigenvalue weighted by molar-refractivity contribution is 0.252. The second-order valence-corrected chi connectivity index (χ2v) is 5.28. The normalized spacial score (nSPS) is 10.7. The van der Waals surface area contributed by atoms with Gasteiger partial charge < -0.3 is 10.4 Å². The molecule has 114 valence electrons. The Balaban J connectivity index is 1.98. The molecule has 0 saturated carbocycles. The van der Waals surface area contributed by atoms with E-state index in [1.54, 1.807) is 12.1 Å². The van der Waals surface area contributed by atoms with Crippen LogP contribution in [-0.2, 0) is 0 Å². The zero-order valence-corrected chi connectivity index (χ0v) is 13.0. The molecule has 0 saturated heterocycles. The van der Waals surface area contributed by atoms with Crippen molar-refractivity contribution >= 4 is 29.5 Å². The van der Waals surface area contributed by atoms with E-state index in [-0.39, 0.29) is 5.75 Å². The zero-order chi connectivity index (χ0) is 16.1. The van der Waals surface area contributed by atoms with Crippen LogP contribution >= 0.6 is 11.6 Å². The topological polar surface area (TPSA) is 73.7 Å². The van der Waals surface area contributed by atoms with Crippen LogP contribution < -0.4 is 10.7 Å². The Bertz CT molecular complexity index is 729. The second kappa shape index (κ2) is 6.95. The number of phenols is 1. The molecule has 0 aliphatic rings. The number of nitrogens with zero attached hydrogens (tertiary/aromatic N) is 1. The van der Waals surface area contributed by atoms with Gasteiger partial charge in [-0.2, -0.15) is 5.10 Å². The van der Waals surface area contributed by atoms with E-state index in [2.05, 4.69) is 15.8 Å². The van der Waals surface area contributed by atoms with Crippen molar-refractivity contribution in [3.63, 3.8) is 0 Å². The van der Waals surface area contributed by atoms with E-state index < -0.39 is 6.03 Å². The molecule has 0 heterocycles. The number of nitrogens with one attached hydrogen (secondary N) is 2. The van der Waals surface area contributed by atoms with Gasteiger partial charge in [-0.15, -0.1) is 0 Å². The highest BCUT2D eigenvalue weighted by atomic mass is 35.5. The predicted octanol–water partition coefficient (Wildman–Crippen LogP) is 3.82. The Hall–Kier alpha value is -2.53. The summed E-state index contributed by atoms with van der Waals surface area (Å²) in [4.78, 5) is 11.8. The molecule has 0 unspecified atom stereocenters. The first kappa shape index (κ1) is 15.9. The van der Waals surface area contributed by atoms with Gasteiger partial charge in [-0.3, -0.25) is 0 Å². The third-order valence-corrected chi connectivity index (χ3v) is 3.22. The molecule has 6 heteroatoms. The summed E-state index contributed by atoms with van der Waals surface area (Å²) in [6, 6.07) is 9.82. The van der Waals surface area contributed by atoms with Crippen molar-refractivity contribution in [2.24, 2.45) is 5.10 Å². The van der Waals surface area contributed by atoms with Gasteiger partial charge in [0.25, 0.3) is 0 Å². The summed E-state index contributed by atoms with van der Waals surface area (Å²) >= 11 is 5.82. The fourth-order valence-electron chi connectivity index (χ4n) is 1.89. The Kier molecular flexibility index (Phi) is 5.01. The molecule has 0 fully saturated rings. The van der Waals surface area contributed by atoms with Crippen molar-refractivity contribution in [1.29, 1.82) is 0 Å². The molecule has 0 bridgehead atoms. The van der Waals surface area contributed by atoms with E-state index in [0.29, 0.717) is 16.3 Å². The molecule has 5 nitrogen and oxygen atoms in total. The first-order valence-electron chi connectivity index (χ1n) is 6.61. The molecular weight excluding hydrogens is 302 g/mol. The number of benzene rings is 2. The standard InChI is InChI=1S/C16H16ClN3O2/c1-10-3-5-14(11(2)7-10)19-16(22)20-18-9-12-8-13(17)4-6-15(12)21/h3-9,21H,1-2H3,(H2,19,20,22). The van der Waals surface area contributed by atoms with Crippen molar-refractivity contribution in [3.8, 4) is 5.75 Å². The van der Waals surface area contributed by atoms with Crippen molar-refractivity contribution in [2.75, 3.05) is 5.32 Å². The van der Waals surface area contributed by atoms with Crippen molar-refractivity contribution < 1.29 is 9.90 Å². The van der Waals surface area contributed by atoms with Crippen LogP contribution in [0.25, 0.3) is 0 Å². The Labute approximate surface area is 133 Å². The van der Waals surface area contributed by atoms with Gasteiger partial charge in [0.2, 0.25) is 0 Å². The van der Waals surface area contributed by atoms with Crippen LogP contribution in [0.15, 0.2) is 41.5 Å². The fourth-order valence-corrected chi connectivity index (χ4v) is 2.07. The summed E-state index contributed by atoms with van der Waals surface area (Å²) in [6.45, 7) is 3.90. The van der Waals surface area contributed by atoms with E-state index >= 15 is 0 Å². The second-order valence-electron chi connectivity index (χ2n) is 4.85. The predicted molar refractivity (Wildman–Crippen MR) is 88.8 cm³/mol. The maximum Gasteiger partial charge on any atom is 0.339 e. The molecule has 0 aliphatic heterocycles. The maximum atomic E-state index is 11.8. The number of aromatic hydroxyl groups is 1. The van der Waals surface area contributed by atoms with Gasteiger partial charge in [-0.05, 0) is 43.7 Å². The number of carbonyl (C=O) groups is 1. The molecule has 22 heavy (non-hydrogen) atoms. The van der Waals surface area contributed by atoms with Crippen LogP contribution in [0.3, 0.4) is 0 Å². The number of carbonyl (C=O) groups excluding carboxylic acids is 1. The first-order chi connectivity index (χ1) is 10.5. The monoisotopic (exact) mass is 317 g/mol. The van der Waals surface area contributed by atoms with E-state index in [1.165, 1.54) is 12.3 Å². The molecule has 0 radical (unpaired) electrons. The summed E-state index contributed by atoms with van der Waals surface area (Å²) in [5.41, 5.74) is 5.55. The highest BCUT2D eigenvalue weighted by Gasteiger charge is 2.03. The summed E-state index contributed by atoms with van der Waals surface area (Å²) in [5, 5.41) is 16.6. The minimum atomic E-state index is -0.468. The number of hydrogen-bond acceptors (Lipinski definition) is 3. The minimum Gasteiger partial charge on any atom is -0.507 e. The van der Waals surface area contributed by atoms with Gasteiger partial charge >= 0.3 is 6.03 Å². The van der Waals surface area contributed by atoms with Gasteiger partial charge in [0.1, 0.15) is 5.75 Å². The Morgan fingerprint density at radius 1 is 1.23 bits per heavy atom. The molecule has 2 amide bonds. The van der Waals surface area contributed by atoms with Crippen LogP contribution in [0.1, 0.15) is 16.7 Å². The zero-order valence-electron chi connectivity index (χ0n) is 12.2. The fraction of sp³-hybridized carbons (Fsp3) is 0.125. The highest BCUT2D eigenvalue weighted by molar-refractivity contribution is 6.30. The third kappa shape index (κ3) is 4.23. The number of hydrogen-bond donors (Lipinski definition) is 3. The largest absolute Gasteiger partial charge is 0.507 e. The van der Waals surface area contributed by atoms with Gasteiger partial charge in [0.15, 0.2) is 0 Å². The molecule has 2 rings (SSSR count). The van der Waals surface area contributed by atoms with Gasteiger partial charge in [-0.25, -0.2) is 10.2 Å². The molecular formula is C16H16ClN3O2. The van der Waals surface area contributed by atoms with Gasteiger partial charge in [-0.1, -0.05) is 29.3 Å². The maximum absolute atomic E-state index is 11.8. The SMILES string of the molecule is Cc1ccc(NC(=O)NN=Cc2cc(Cl)ccc2O)c(C)c1. The van der Waals surface area contributed by atoms with Crippen molar-refractivity contribution in [3.05, 3.63) is 58.1 Å². The van der Waals surface area contributed by atoms with Crippen LogP contribution in [0.5, 0.6) is 5.75 Å². The summed E-state index contributed by atoms with van der Waals surface area (Å²) in [7, 11) is 0. The molecule has 0 atom stereocenters. The smallest absolute Gasteiger partial charge is 0.339 e. The van der Waals surface area contributed by atoms with Crippen LogP contribution in [-0.4, -0.2) is 17.4 Å². The lowest BCUT2D eigenvalue weighted by Crippen LogP contribution is -2.24. The quantitative estimate of drug-likeness (QED) is 0.594. The molecule has 0 aliphatic carbocycles. The average Bonchev–Trinajstić information content (AvgIpc) is 2.46. The number of hydrazone groups is 1. The molecule has 0 aromatic heterocycles. The van der Waals surface area contributed by atoms with E-state index in [0.717, 1.165) is 11.1 Å². The Morgan fingerprint density at radius 2 is 2.00 bits per heavy atom. The molecule has 3 N–H and O–H groups in total. The highest BCUT2D eigenvalue weighted by Crippen LogP contribution is 2.19. The summed E-state index contributed by atoms with van der Waals surface area (Å²) in [5.74, 6) is 0.0322. The molecule has 2 aromatic carbocycles. The van der Waals surface area contributed by atoms with Crippen LogP contribution in [0.2, 0.25) is 5.02 Å². The lowest BCUT2D eigenvalue weighted by atomic mass is 10.1. The number of anilines is 1. The van der Waals surface area contributed by atoms with E-state index in [4.69, 9.17) is 11.6 Å². The first-order valence-corrected chi connectivity index (χ1v) is 6.99. The van der Waals surface area contributed by atoms with Gasteiger partial charge in [0, 0.05) is 16.3 Å². The van der Waals surface area contributed by atoms with E-state index in [1.807, 2.05) is 32.0 Å². The number of amides is 2. The molecule has 2 aromatic rings. The van der Waals surface area contributed by atoms with Gasteiger partial charge in [0.05, 0.1) is 6.21 Å². The van der Waals surface area contributed by atoms with Crippen LogP contribution in [0.4, 0.5) is 10.5 Å². The minimum absolute atomic E-state index is 0.0322. The number of aryl methyl sites for hydroxylation is 2. The third-order valence-electron chi connectivity index (χ3n) is 2.99.